The van der Waals surface area contributed by atoms with Gasteiger partial charge in [0.1, 0.15) is 0 Å². The van der Waals surface area contributed by atoms with Crippen molar-refractivity contribution in [1.82, 2.24) is 0 Å². The summed E-state index contributed by atoms with van der Waals surface area (Å²) in [6.07, 6.45) is 0.875. The second-order valence-electron chi connectivity index (χ2n) is 3.50. The van der Waals surface area contributed by atoms with Gasteiger partial charge in [-0.3, -0.25) is 0 Å². The molecule has 0 amide bonds. The predicted octanol–water partition coefficient (Wildman–Crippen LogP) is 3.62. The van der Waals surface area contributed by atoms with E-state index in [2.05, 4.69) is 20.8 Å². The summed E-state index contributed by atoms with van der Waals surface area (Å²) in [5, 5.41) is 12.6. The van der Waals surface area contributed by atoms with E-state index in [1.165, 1.54) is 11.3 Å². The summed E-state index contributed by atoms with van der Waals surface area (Å²) in [7, 11) is 0. The average molecular weight is 230 g/mol. The summed E-state index contributed by atoms with van der Waals surface area (Å²) in [6, 6.07) is 2.03. The molecular formula is C11H18OS2. The van der Waals surface area contributed by atoms with E-state index in [0.29, 0.717) is 5.25 Å². The van der Waals surface area contributed by atoms with Gasteiger partial charge < -0.3 is 5.11 Å². The predicted molar refractivity (Wildman–Crippen MR) is 66.2 cm³/mol. The van der Waals surface area contributed by atoms with Crippen molar-refractivity contribution in [3.8, 4) is 0 Å². The topological polar surface area (TPSA) is 20.2 Å². The number of aliphatic hydroxyl groups is 1. The number of thioether (sulfide) groups is 1. The van der Waals surface area contributed by atoms with Gasteiger partial charge in [0.25, 0.3) is 0 Å². The maximum atomic E-state index is 9.92. The highest BCUT2D eigenvalue weighted by molar-refractivity contribution is 7.99. The van der Waals surface area contributed by atoms with Crippen molar-refractivity contribution in [2.24, 2.45) is 0 Å². The van der Waals surface area contributed by atoms with Gasteiger partial charge in [0.05, 0.1) is 6.10 Å². The van der Waals surface area contributed by atoms with Crippen LogP contribution in [0.5, 0.6) is 0 Å². The Morgan fingerprint density at radius 1 is 1.57 bits per heavy atom. The van der Waals surface area contributed by atoms with Crippen molar-refractivity contribution in [2.45, 2.75) is 38.5 Å². The first-order valence-corrected chi connectivity index (χ1v) is 6.91. The fourth-order valence-electron chi connectivity index (χ4n) is 1.20. The third kappa shape index (κ3) is 3.30. The molecule has 0 aliphatic carbocycles. The molecule has 3 heteroatoms. The lowest BCUT2D eigenvalue weighted by molar-refractivity contribution is 0.204. The Balaban J connectivity index is 2.43. The van der Waals surface area contributed by atoms with E-state index < -0.39 is 0 Å². The highest BCUT2D eigenvalue weighted by Gasteiger charge is 2.12. The lowest BCUT2D eigenvalue weighted by Gasteiger charge is -2.13. The lowest BCUT2D eigenvalue weighted by Crippen LogP contribution is -2.04. The van der Waals surface area contributed by atoms with Crippen LogP contribution in [0.15, 0.2) is 11.4 Å². The molecule has 0 bridgehead atoms. The van der Waals surface area contributed by atoms with Crippen molar-refractivity contribution in [2.75, 3.05) is 5.75 Å². The van der Waals surface area contributed by atoms with Crippen LogP contribution in [0.2, 0.25) is 0 Å². The summed E-state index contributed by atoms with van der Waals surface area (Å²) >= 11 is 3.55. The molecule has 0 aromatic carbocycles. The first-order chi connectivity index (χ1) is 6.65. The third-order valence-corrected chi connectivity index (χ3v) is 4.64. The molecule has 0 spiro atoms. The molecule has 14 heavy (non-hydrogen) atoms. The molecule has 0 aliphatic rings. The maximum Gasteiger partial charge on any atom is 0.0891 e. The molecule has 0 fully saturated rings. The molecule has 1 N–H and O–H groups in total. The molecule has 0 aliphatic heterocycles. The molecule has 2 unspecified atom stereocenters. The second kappa shape index (κ2) is 5.79. The quantitative estimate of drug-likeness (QED) is 0.833. The van der Waals surface area contributed by atoms with Crippen LogP contribution in [-0.4, -0.2) is 16.1 Å². The molecule has 80 valence electrons. The second-order valence-corrected chi connectivity index (χ2v) is 6.09. The van der Waals surface area contributed by atoms with Gasteiger partial charge in [0.2, 0.25) is 0 Å². The Morgan fingerprint density at radius 2 is 2.29 bits per heavy atom. The molecule has 2 atom stereocenters. The molecule has 1 aromatic heterocycles. The minimum Gasteiger partial charge on any atom is -0.388 e. The zero-order valence-corrected chi connectivity index (χ0v) is 10.6. The standard InChI is InChI=1S/C11H18OS2/c1-4-8(2)14-7-11(12)10-5-6-13-9(10)3/h5-6,8,11-12H,4,7H2,1-3H3. The Labute approximate surface area is 94.5 Å². The van der Waals surface area contributed by atoms with E-state index in [-0.39, 0.29) is 6.10 Å². The highest BCUT2D eigenvalue weighted by atomic mass is 32.2. The molecule has 1 nitrogen and oxygen atoms in total. The Bertz CT molecular complexity index is 270. The number of hydrogen-bond donors (Lipinski definition) is 1. The van der Waals surface area contributed by atoms with Gasteiger partial charge >= 0.3 is 0 Å². The van der Waals surface area contributed by atoms with E-state index in [1.54, 1.807) is 11.3 Å². The smallest absolute Gasteiger partial charge is 0.0891 e. The molecular weight excluding hydrogens is 212 g/mol. The molecule has 1 rings (SSSR count). The van der Waals surface area contributed by atoms with Crippen molar-refractivity contribution in [3.05, 3.63) is 21.9 Å². The fourth-order valence-corrected chi connectivity index (χ4v) is 2.89. The van der Waals surface area contributed by atoms with Crippen LogP contribution < -0.4 is 0 Å². The molecule has 0 radical (unpaired) electrons. The van der Waals surface area contributed by atoms with Gasteiger partial charge in [-0.15, -0.1) is 11.3 Å². The van der Waals surface area contributed by atoms with Gasteiger partial charge in [-0.25, -0.2) is 0 Å². The Morgan fingerprint density at radius 3 is 2.79 bits per heavy atom. The zero-order chi connectivity index (χ0) is 10.6. The van der Waals surface area contributed by atoms with Crippen molar-refractivity contribution < 1.29 is 5.11 Å². The number of aryl methyl sites for hydroxylation is 1. The summed E-state index contributed by atoms with van der Waals surface area (Å²) in [5.41, 5.74) is 1.10. The Kier molecular flexibility index (Phi) is 4.99. The van der Waals surface area contributed by atoms with Crippen molar-refractivity contribution in [3.63, 3.8) is 0 Å². The minimum atomic E-state index is -0.291. The molecule has 0 saturated heterocycles. The van der Waals surface area contributed by atoms with Crippen molar-refractivity contribution in [1.29, 1.82) is 0 Å². The van der Waals surface area contributed by atoms with Crippen LogP contribution in [0.3, 0.4) is 0 Å². The van der Waals surface area contributed by atoms with Gasteiger partial charge in [0, 0.05) is 15.9 Å². The molecule has 1 aromatic rings. The van der Waals surface area contributed by atoms with Gasteiger partial charge in [0.15, 0.2) is 0 Å². The van der Waals surface area contributed by atoms with E-state index >= 15 is 0 Å². The first kappa shape index (κ1) is 12.1. The van der Waals surface area contributed by atoms with Crippen LogP contribution in [0.1, 0.15) is 36.8 Å². The fraction of sp³-hybridized carbons (Fsp3) is 0.636. The minimum absolute atomic E-state index is 0.291. The van der Waals surface area contributed by atoms with Crippen LogP contribution >= 0.6 is 23.1 Å². The monoisotopic (exact) mass is 230 g/mol. The number of thiophene rings is 1. The lowest BCUT2D eigenvalue weighted by atomic mass is 10.2. The number of hydrogen-bond acceptors (Lipinski definition) is 3. The van der Waals surface area contributed by atoms with E-state index in [9.17, 15) is 5.11 Å². The van der Waals surface area contributed by atoms with Gasteiger partial charge in [-0.05, 0) is 30.4 Å². The number of aliphatic hydroxyl groups excluding tert-OH is 1. The third-order valence-electron chi connectivity index (χ3n) is 2.37. The normalized spacial score (nSPS) is 15.4. The summed E-state index contributed by atoms with van der Waals surface area (Å²) in [6.45, 7) is 6.45. The van der Waals surface area contributed by atoms with Crippen molar-refractivity contribution >= 4 is 23.1 Å². The van der Waals surface area contributed by atoms with Crippen LogP contribution in [0.25, 0.3) is 0 Å². The van der Waals surface area contributed by atoms with Crippen LogP contribution in [0.4, 0.5) is 0 Å². The maximum absolute atomic E-state index is 9.92. The van der Waals surface area contributed by atoms with Crippen LogP contribution in [-0.2, 0) is 0 Å². The molecule has 1 heterocycles. The summed E-state index contributed by atoms with van der Waals surface area (Å²) < 4.78 is 0. The van der Waals surface area contributed by atoms with Gasteiger partial charge in [-0.1, -0.05) is 13.8 Å². The molecule has 0 saturated carbocycles. The largest absolute Gasteiger partial charge is 0.388 e. The summed E-state index contributed by atoms with van der Waals surface area (Å²) in [5.74, 6) is 0.812. The number of rotatable bonds is 5. The SMILES string of the molecule is CCC(C)SCC(O)c1ccsc1C. The van der Waals surface area contributed by atoms with E-state index in [1.807, 2.05) is 23.2 Å². The van der Waals surface area contributed by atoms with E-state index in [0.717, 1.165) is 11.3 Å². The Hall–Kier alpha value is 0.01000. The first-order valence-electron chi connectivity index (χ1n) is 4.98. The highest BCUT2D eigenvalue weighted by Crippen LogP contribution is 2.27. The van der Waals surface area contributed by atoms with Crippen LogP contribution in [0, 0.1) is 6.92 Å². The summed E-state index contributed by atoms with van der Waals surface area (Å²) in [4.78, 5) is 1.24. The zero-order valence-electron chi connectivity index (χ0n) is 8.99. The van der Waals surface area contributed by atoms with Gasteiger partial charge in [-0.2, -0.15) is 11.8 Å². The van der Waals surface area contributed by atoms with E-state index in [4.69, 9.17) is 0 Å². The average Bonchev–Trinajstić information content (AvgIpc) is 2.60.